The van der Waals surface area contributed by atoms with Crippen molar-refractivity contribution in [2.75, 3.05) is 38.9 Å². The lowest BCUT2D eigenvalue weighted by Crippen LogP contribution is -2.30. The van der Waals surface area contributed by atoms with Gasteiger partial charge in [0, 0.05) is 19.4 Å². The van der Waals surface area contributed by atoms with Gasteiger partial charge >= 0.3 is 5.63 Å². The fourth-order valence-electron chi connectivity index (χ4n) is 3.63. The highest BCUT2D eigenvalue weighted by Crippen LogP contribution is 2.31. The number of rotatable bonds is 8. The van der Waals surface area contributed by atoms with E-state index in [0.717, 1.165) is 24.9 Å². The Balaban J connectivity index is 1.84. The number of methoxy groups -OCH3 is 1. The summed E-state index contributed by atoms with van der Waals surface area (Å²) in [6.07, 6.45) is 5.71. The molecule has 152 valence electrons. The molecule has 1 saturated heterocycles. The highest BCUT2D eigenvalue weighted by atomic mass is 16.7. The topological polar surface area (TPSA) is 81.0 Å². The van der Waals surface area contributed by atoms with E-state index in [0.29, 0.717) is 16.7 Å². The van der Waals surface area contributed by atoms with Crippen molar-refractivity contribution in [3.05, 3.63) is 34.2 Å². The van der Waals surface area contributed by atoms with Crippen molar-refractivity contribution in [2.24, 2.45) is 0 Å². The maximum atomic E-state index is 12.3. The van der Waals surface area contributed by atoms with E-state index >= 15 is 0 Å². The van der Waals surface area contributed by atoms with Crippen LogP contribution in [0.15, 0.2) is 27.4 Å². The van der Waals surface area contributed by atoms with Crippen molar-refractivity contribution < 1.29 is 18.7 Å². The van der Waals surface area contributed by atoms with Crippen molar-refractivity contribution >= 4 is 22.6 Å². The minimum Gasteiger partial charge on any atom is -0.463 e. The van der Waals surface area contributed by atoms with E-state index in [1.54, 1.807) is 13.2 Å². The van der Waals surface area contributed by atoms with Gasteiger partial charge in [-0.1, -0.05) is 18.6 Å². The Morgan fingerprint density at radius 3 is 2.75 bits per heavy atom. The zero-order chi connectivity index (χ0) is 19.9. The fraction of sp³-hybridized carbons (Fsp3) is 0.524. The molecule has 7 heteroatoms. The van der Waals surface area contributed by atoms with Gasteiger partial charge < -0.3 is 24.1 Å². The van der Waals surface area contributed by atoms with Crippen molar-refractivity contribution in [1.82, 2.24) is 4.90 Å². The lowest BCUT2D eigenvalue weighted by Gasteiger charge is -2.26. The number of hydrogen-bond donors (Lipinski definition) is 1. The highest BCUT2D eigenvalue weighted by Gasteiger charge is 2.16. The fourth-order valence-corrected chi connectivity index (χ4v) is 3.63. The van der Waals surface area contributed by atoms with Crippen LogP contribution in [-0.4, -0.2) is 44.3 Å². The van der Waals surface area contributed by atoms with Crippen LogP contribution in [0.4, 0.5) is 5.69 Å². The van der Waals surface area contributed by atoms with Crippen LogP contribution >= 0.6 is 0 Å². The first-order valence-corrected chi connectivity index (χ1v) is 9.80. The molecule has 0 atom stereocenters. The lowest BCUT2D eigenvalue weighted by molar-refractivity contribution is -0.114. The first kappa shape index (κ1) is 20.4. The number of aryl methyl sites for hydroxylation is 1. The average Bonchev–Trinajstić information content (AvgIpc) is 2.68. The lowest BCUT2D eigenvalue weighted by atomic mass is 10.0. The van der Waals surface area contributed by atoms with Crippen LogP contribution in [0.1, 0.15) is 38.2 Å². The maximum absolute atomic E-state index is 12.3. The zero-order valence-electron chi connectivity index (χ0n) is 16.6. The number of anilines is 1. The van der Waals surface area contributed by atoms with E-state index in [4.69, 9.17) is 13.9 Å². The molecule has 1 aromatic heterocycles. The number of nitrogens with zero attached hydrogens (tertiary/aromatic N) is 1. The number of likely N-dealkylation sites (tertiary alicyclic amines) is 1. The molecule has 1 amide bonds. The summed E-state index contributed by atoms with van der Waals surface area (Å²) < 4.78 is 16.3. The van der Waals surface area contributed by atoms with Gasteiger partial charge in [0.25, 0.3) is 0 Å². The van der Waals surface area contributed by atoms with E-state index < -0.39 is 5.63 Å². The summed E-state index contributed by atoms with van der Waals surface area (Å²) in [7, 11) is 1.55. The zero-order valence-corrected chi connectivity index (χ0v) is 16.6. The maximum Gasteiger partial charge on any atom is 0.360 e. The Bertz CT molecular complexity index is 871. The van der Waals surface area contributed by atoms with Gasteiger partial charge in [-0.2, -0.15) is 0 Å². The summed E-state index contributed by atoms with van der Waals surface area (Å²) in [5, 5.41) is 3.19. The Morgan fingerprint density at radius 1 is 1.25 bits per heavy atom. The normalized spacial score (nSPS) is 14.9. The van der Waals surface area contributed by atoms with E-state index in [-0.39, 0.29) is 18.4 Å². The molecular formula is C21H28N2O5. The van der Waals surface area contributed by atoms with E-state index in [1.807, 2.05) is 12.1 Å². The second-order valence-corrected chi connectivity index (χ2v) is 7.16. The van der Waals surface area contributed by atoms with Gasteiger partial charge in [-0.25, -0.2) is 4.79 Å². The first-order valence-electron chi connectivity index (χ1n) is 9.80. The smallest absolute Gasteiger partial charge is 0.360 e. The van der Waals surface area contributed by atoms with Crippen LogP contribution in [0, 0.1) is 0 Å². The quantitative estimate of drug-likeness (QED) is 0.553. The minimum atomic E-state index is -0.601. The minimum absolute atomic E-state index is 0.0649. The van der Waals surface area contributed by atoms with E-state index in [9.17, 15) is 9.59 Å². The number of amides is 1. The molecule has 0 bridgehead atoms. The molecule has 7 nitrogen and oxygen atoms in total. The number of hydrogen-bond acceptors (Lipinski definition) is 6. The Kier molecular flexibility index (Phi) is 7.06. The summed E-state index contributed by atoms with van der Waals surface area (Å²) >= 11 is 0. The van der Waals surface area contributed by atoms with Crippen LogP contribution in [-0.2, 0) is 16.0 Å². The molecular weight excluding hydrogens is 360 g/mol. The van der Waals surface area contributed by atoms with Crippen LogP contribution in [0.2, 0.25) is 0 Å². The second-order valence-electron chi connectivity index (χ2n) is 7.16. The summed E-state index contributed by atoms with van der Waals surface area (Å²) in [5.74, 6) is 0.210. The van der Waals surface area contributed by atoms with Crippen molar-refractivity contribution in [3.8, 4) is 5.75 Å². The average molecular weight is 388 g/mol. The highest BCUT2D eigenvalue weighted by molar-refractivity contribution is 5.92. The molecule has 0 spiro atoms. The van der Waals surface area contributed by atoms with Gasteiger partial charge in [-0.3, -0.25) is 4.79 Å². The predicted octanol–water partition coefficient (Wildman–Crippen LogP) is 3.15. The number of benzene rings is 1. The second kappa shape index (κ2) is 9.71. The molecule has 0 unspecified atom stereocenters. The molecule has 1 aliphatic rings. The molecule has 1 fully saturated rings. The van der Waals surface area contributed by atoms with Crippen molar-refractivity contribution in [2.45, 2.75) is 39.0 Å². The van der Waals surface area contributed by atoms with Crippen LogP contribution < -0.4 is 15.7 Å². The third-order valence-corrected chi connectivity index (χ3v) is 4.94. The monoisotopic (exact) mass is 388 g/mol. The molecule has 2 aromatic rings. The summed E-state index contributed by atoms with van der Waals surface area (Å²) in [6, 6.07) is 5.49. The van der Waals surface area contributed by atoms with Crippen molar-refractivity contribution in [3.63, 3.8) is 0 Å². The SMILES string of the molecule is COCOc1c(CCCN2CCCCC2)ccc2cc(NC(C)=O)c(=O)oc12. The van der Waals surface area contributed by atoms with Crippen LogP contribution in [0.25, 0.3) is 11.0 Å². The number of nitrogens with one attached hydrogen (secondary N) is 1. The van der Waals surface area contributed by atoms with Gasteiger partial charge in [-0.15, -0.1) is 0 Å². The summed E-state index contributed by atoms with van der Waals surface area (Å²) in [4.78, 5) is 26.0. The number of ether oxygens (including phenoxy) is 2. The van der Waals surface area contributed by atoms with Gasteiger partial charge in [0.15, 0.2) is 18.1 Å². The van der Waals surface area contributed by atoms with Gasteiger partial charge in [0.1, 0.15) is 5.69 Å². The molecule has 0 saturated carbocycles. The number of carbonyl (C=O) groups excluding carboxylic acids is 1. The third-order valence-electron chi connectivity index (χ3n) is 4.94. The Morgan fingerprint density at radius 2 is 2.04 bits per heavy atom. The molecule has 1 N–H and O–H groups in total. The number of piperidine rings is 1. The summed E-state index contributed by atoms with van der Waals surface area (Å²) in [5.41, 5.74) is 0.884. The standard InChI is InChI=1S/C21H28N2O5/c1-15(24)22-18-13-17-9-8-16(7-6-12-23-10-4-3-5-11-23)19(27-14-26-2)20(17)28-21(18)25/h8-9,13H,3-7,10-12,14H2,1-2H3,(H,22,24). The van der Waals surface area contributed by atoms with Gasteiger partial charge in [-0.05, 0) is 56.9 Å². The molecule has 0 aliphatic carbocycles. The Hall–Kier alpha value is -2.38. The van der Waals surface area contributed by atoms with Gasteiger partial charge in [0.05, 0.1) is 0 Å². The molecule has 0 radical (unpaired) electrons. The van der Waals surface area contributed by atoms with Gasteiger partial charge in [0.2, 0.25) is 5.91 Å². The van der Waals surface area contributed by atoms with Crippen LogP contribution in [0.3, 0.4) is 0 Å². The number of carbonyl (C=O) groups is 1. The summed E-state index contributed by atoms with van der Waals surface area (Å²) in [6.45, 7) is 4.81. The van der Waals surface area contributed by atoms with E-state index in [2.05, 4.69) is 10.2 Å². The third kappa shape index (κ3) is 5.11. The first-order chi connectivity index (χ1) is 13.6. The van der Waals surface area contributed by atoms with E-state index in [1.165, 1.54) is 39.3 Å². The molecule has 3 rings (SSSR count). The predicted molar refractivity (Wildman–Crippen MR) is 108 cm³/mol. The largest absolute Gasteiger partial charge is 0.463 e. The molecule has 1 aliphatic heterocycles. The van der Waals surface area contributed by atoms with Crippen molar-refractivity contribution in [1.29, 1.82) is 0 Å². The molecule has 2 heterocycles. The number of fused-ring (bicyclic) bond motifs is 1. The van der Waals surface area contributed by atoms with Crippen LogP contribution in [0.5, 0.6) is 5.75 Å². The molecule has 28 heavy (non-hydrogen) atoms. The molecule has 1 aromatic carbocycles. The Labute approximate surface area is 164 Å².